The van der Waals surface area contributed by atoms with Crippen molar-refractivity contribution in [2.24, 2.45) is 10.9 Å². The number of oxime groups is 1. The van der Waals surface area contributed by atoms with Crippen molar-refractivity contribution < 1.29 is 5.21 Å². The molecule has 0 radical (unpaired) electrons. The summed E-state index contributed by atoms with van der Waals surface area (Å²) in [6.07, 6.45) is 0. The van der Waals surface area contributed by atoms with Crippen molar-refractivity contribution in [2.45, 2.75) is 16.8 Å². The van der Waals surface area contributed by atoms with Crippen LogP contribution in [-0.2, 0) is 0 Å². The number of hydrogen-bond donors (Lipinski definition) is 2. The van der Waals surface area contributed by atoms with Gasteiger partial charge in [-0.2, -0.15) is 0 Å². The van der Waals surface area contributed by atoms with Gasteiger partial charge in [0.25, 0.3) is 0 Å². The fourth-order valence-corrected chi connectivity index (χ4v) is 2.34. The van der Waals surface area contributed by atoms with Crippen LogP contribution in [0, 0.1) is 6.92 Å². The molecular weight excluding hydrogens is 246 g/mol. The van der Waals surface area contributed by atoms with Gasteiger partial charge in [0, 0.05) is 4.90 Å². The van der Waals surface area contributed by atoms with Crippen LogP contribution in [0.4, 0.5) is 0 Å². The molecule has 0 atom stereocenters. The van der Waals surface area contributed by atoms with Crippen molar-refractivity contribution in [3.63, 3.8) is 0 Å². The van der Waals surface area contributed by atoms with E-state index in [0.717, 1.165) is 9.92 Å². The number of benzene rings is 1. The SMILES string of the molecule is Cc1ccccc1Sc1cccc(C(N)=NO)n1. The van der Waals surface area contributed by atoms with E-state index in [1.165, 1.54) is 5.56 Å². The second-order valence-electron chi connectivity index (χ2n) is 3.71. The Morgan fingerprint density at radius 3 is 2.72 bits per heavy atom. The molecule has 92 valence electrons. The Bertz CT molecular complexity index is 584. The molecule has 0 spiro atoms. The van der Waals surface area contributed by atoms with Crippen LogP contribution in [0.1, 0.15) is 11.3 Å². The first-order valence-electron chi connectivity index (χ1n) is 5.39. The molecule has 0 unspecified atom stereocenters. The van der Waals surface area contributed by atoms with Crippen LogP contribution in [0.25, 0.3) is 0 Å². The Balaban J connectivity index is 2.28. The van der Waals surface area contributed by atoms with Gasteiger partial charge in [-0.15, -0.1) is 0 Å². The van der Waals surface area contributed by atoms with Gasteiger partial charge in [-0.3, -0.25) is 0 Å². The van der Waals surface area contributed by atoms with E-state index >= 15 is 0 Å². The molecular formula is C13H13N3OS. The van der Waals surface area contributed by atoms with Gasteiger partial charge in [0.15, 0.2) is 5.84 Å². The van der Waals surface area contributed by atoms with Crippen LogP contribution in [0.3, 0.4) is 0 Å². The van der Waals surface area contributed by atoms with Gasteiger partial charge in [0.1, 0.15) is 10.7 Å². The molecule has 0 saturated heterocycles. The molecule has 2 rings (SSSR count). The Hall–Kier alpha value is -2.01. The molecule has 4 nitrogen and oxygen atoms in total. The summed E-state index contributed by atoms with van der Waals surface area (Å²) in [5, 5.41) is 12.4. The van der Waals surface area contributed by atoms with Crippen LogP contribution in [0.15, 0.2) is 57.5 Å². The van der Waals surface area contributed by atoms with E-state index in [1.807, 2.05) is 30.3 Å². The highest BCUT2D eigenvalue weighted by atomic mass is 32.2. The van der Waals surface area contributed by atoms with Gasteiger partial charge >= 0.3 is 0 Å². The highest BCUT2D eigenvalue weighted by Gasteiger charge is 2.05. The van der Waals surface area contributed by atoms with Crippen LogP contribution in [-0.4, -0.2) is 16.0 Å². The molecule has 0 fully saturated rings. The lowest BCUT2D eigenvalue weighted by Crippen LogP contribution is -2.14. The predicted molar refractivity (Wildman–Crippen MR) is 72.0 cm³/mol. The third kappa shape index (κ3) is 2.81. The van der Waals surface area contributed by atoms with Crippen molar-refractivity contribution in [2.75, 3.05) is 0 Å². The van der Waals surface area contributed by atoms with Crippen LogP contribution < -0.4 is 5.73 Å². The summed E-state index contributed by atoms with van der Waals surface area (Å²) in [5.41, 5.74) is 7.18. The van der Waals surface area contributed by atoms with Crippen molar-refractivity contribution in [3.8, 4) is 0 Å². The van der Waals surface area contributed by atoms with E-state index in [2.05, 4.69) is 23.1 Å². The van der Waals surface area contributed by atoms with E-state index in [4.69, 9.17) is 10.9 Å². The number of aromatic nitrogens is 1. The number of rotatable bonds is 3. The highest BCUT2D eigenvalue weighted by Crippen LogP contribution is 2.28. The number of nitrogens with zero attached hydrogens (tertiary/aromatic N) is 2. The summed E-state index contributed by atoms with van der Waals surface area (Å²) >= 11 is 1.55. The standard InChI is InChI=1S/C13H13N3OS/c1-9-5-2-3-7-11(9)18-12-8-4-6-10(15-12)13(14)16-17/h2-8,17H,1H3,(H2,14,16). The number of pyridine rings is 1. The highest BCUT2D eigenvalue weighted by molar-refractivity contribution is 7.99. The second-order valence-corrected chi connectivity index (χ2v) is 4.78. The smallest absolute Gasteiger partial charge is 0.188 e. The molecule has 0 aliphatic rings. The first-order chi connectivity index (χ1) is 8.70. The van der Waals surface area contributed by atoms with Gasteiger partial charge in [-0.25, -0.2) is 4.98 Å². The molecule has 1 heterocycles. The molecule has 3 N–H and O–H groups in total. The van der Waals surface area contributed by atoms with Crippen molar-refractivity contribution in [3.05, 3.63) is 53.7 Å². The van der Waals surface area contributed by atoms with E-state index in [1.54, 1.807) is 17.8 Å². The molecule has 0 saturated carbocycles. The maximum absolute atomic E-state index is 8.63. The molecule has 5 heteroatoms. The Labute approximate surface area is 110 Å². The number of nitrogens with two attached hydrogens (primary N) is 1. The molecule has 18 heavy (non-hydrogen) atoms. The zero-order valence-electron chi connectivity index (χ0n) is 9.87. The van der Waals surface area contributed by atoms with Crippen molar-refractivity contribution in [1.29, 1.82) is 0 Å². The topological polar surface area (TPSA) is 71.5 Å². The molecule has 0 aliphatic carbocycles. The lowest BCUT2D eigenvalue weighted by Gasteiger charge is -2.05. The zero-order chi connectivity index (χ0) is 13.0. The van der Waals surface area contributed by atoms with E-state index < -0.39 is 0 Å². The lowest BCUT2D eigenvalue weighted by molar-refractivity contribution is 0.318. The Morgan fingerprint density at radius 1 is 1.22 bits per heavy atom. The van der Waals surface area contributed by atoms with E-state index in [9.17, 15) is 0 Å². The maximum atomic E-state index is 8.63. The largest absolute Gasteiger partial charge is 0.409 e. The second kappa shape index (κ2) is 5.55. The molecule has 1 aromatic carbocycles. The number of amidine groups is 1. The summed E-state index contributed by atoms with van der Waals surface area (Å²) in [6.45, 7) is 2.05. The Morgan fingerprint density at radius 2 is 2.00 bits per heavy atom. The average molecular weight is 259 g/mol. The van der Waals surface area contributed by atoms with Crippen LogP contribution in [0.2, 0.25) is 0 Å². The summed E-state index contributed by atoms with van der Waals surface area (Å²) in [6, 6.07) is 13.5. The summed E-state index contributed by atoms with van der Waals surface area (Å²) in [5.74, 6) is 0.0160. The van der Waals surface area contributed by atoms with Gasteiger partial charge in [-0.1, -0.05) is 41.2 Å². The molecule has 0 bridgehead atoms. The van der Waals surface area contributed by atoms with Gasteiger partial charge in [0.2, 0.25) is 0 Å². The monoisotopic (exact) mass is 259 g/mol. The fraction of sp³-hybridized carbons (Fsp3) is 0.0769. The predicted octanol–water partition coefficient (Wildman–Crippen LogP) is 2.64. The summed E-state index contributed by atoms with van der Waals surface area (Å²) in [4.78, 5) is 5.47. The quantitative estimate of drug-likeness (QED) is 0.385. The van der Waals surface area contributed by atoms with Crippen molar-refractivity contribution >= 4 is 17.6 Å². The fourth-order valence-electron chi connectivity index (χ4n) is 1.45. The third-order valence-electron chi connectivity index (χ3n) is 2.40. The molecule has 1 aromatic heterocycles. The summed E-state index contributed by atoms with van der Waals surface area (Å²) in [7, 11) is 0. The molecule has 0 aliphatic heterocycles. The minimum absolute atomic E-state index is 0.0160. The average Bonchev–Trinajstić information content (AvgIpc) is 2.41. The zero-order valence-corrected chi connectivity index (χ0v) is 10.7. The summed E-state index contributed by atoms with van der Waals surface area (Å²) < 4.78 is 0. The van der Waals surface area contributed by atoms with Gasteiger partial charge < -0.3 is 10.9 Å². The Kier molecular flexibility index (Phi) is 3.84. The minimum Gasteiger partial charge on any atom is -0.409 e. The normalized spacial score (nSPS) is 11.5. The van der Waals surface area contributed by atoms with Crippen LogP contribution >= 0.6 is 11.8 Å². The van der Waals surface area contributed by atoms with Crippen LogP contribution in [0.5, 0.6) is 0 Å². The van der Waals surface area contributed by atoms with E-state index in [0.29, 0.717) is 5.69 Å². The first-order valence-corrected chi connectivity index (χ1v) is 6.21. The van der Waals surface area contributed by atoms with Gasteiger partial charge in [-0.05, 0) is 30.7 Å². The lowest BCUT2D eigenvalue weighted by atomic mass is 10.2. The third-order valence-corrected chi connectivity index (χ3v) is 3.52. The maximum Gasteiger partial charge on any atom is 0.188 e. The first kappa shape index (κ1) is 12.4. The van der Waals surface area contributed by atoms with E-state index in [-0.39, 0.29) is 5.84 Å². The molecule has 2 aromatic rings. The number of hydrogen-bond acceptors (Lipinski definition) is 4. The van der Waals surface area contributed by atoms with Crippen molar-refractivity contribution in [1.82, 2.24) is 4.98 Å². The van der Waals surface area contributed by atoms with Gasteiger partial charge in [0.05, 0.1) is 0 Å². The minimum atomic E-state index is 0.0160. The number of aryl methyl sites for hydroxylation is 1. The molecule has 0 amide bonds.